The molecule has 3 heteroatoms. The number of carboxylic acid groups (broad SMARTS) is 1. The number of allylic oxidation sites excluding steroid dienone is 5. The highest BCUT2D eigenvalue weighted by Gasteiger charge is 2.01. The molecular formula is C13H17NO2. The molecule has 86 valence electrons. The van der Waals surface area contributed by atoms with Gasteiger partial charge in [-0.3, -0.25) is 0 Å². The summed E-state index contributed by atoms with van der Waals surface area (Å²) in [6.07, 6.45) is 13.1. The molecule has 0 saturated heterocycles. The maximum absolute atomic E-state index is 10.4. The standard InChI is InChI=1S/C13H17NO2/c1-2-3-4-5-6-7-8-9-10-12(11-14)13(15)16/h6-10H,2-5H2,1H3,(H,15,16)/b7-6+,9-8+,12-10+. The Hall–Kier alpha value is -1.82. The van der Waals surface area contributed by atoms with E-state index in [0.717, 1.165) is 6.42 Å². The minimum absolute atomic E-state index is 0.254. The normalized spacial score (nSPS) is 12.1. The van der Waals surface area contributed by atoms with Gasteiger partial charge in [0.1, 0.15) is 11.6 Å². The maximum atomic E-state index is 10.4. The molecule has 0 aliphatic rings. The average molecular weight is 219 g/mol. The topological polar surface area (TPSA) is 61.1 Å². The van der Waals surface area contributed by atoms with Crippen molar-refractivity contribution >= 4 is 5.97 Å². The highest BCUT2D eigenvalue weighted by molar-refractivity contribution is 5.91. The summed E-state index contributed by atoms with van der Waals surface area (Å²) in [6, 6.07) is 1.61. The molecule has 0 aliphatic heterocycles. The number of carbonyl (C=O) groups is 1. The van der Waals surface area contributed by atoms with Crippen LogP contribution in [-0.4, -0.2) is 11.1 Å². The zero-order chi connectivity index (χ0) is 12.2. The summed E-state index contributed by atoms with van der Waals surface area (Å²) in [6.45, 7) is 2.16. The first kappa shape index (κ1) is 14.2. The third-order valence-corrected chi connectivity index (χ3v) is 1.95. The lowest BCUT2D eigenvalue weighted by Gasteiger charge is -1.89. The average Bonchev–Trinajstić information content (AvgIpc) is 2.26. The SMILES string of the molecule is CCCCC/C=C/C=C/C=C(\C#N)C(=O)O. The molecule has 0 rings (SSSR count). The molecule has 0 aromatic rings. The molecule has 0 aliphatic carbocycles. The number of nitrogens with zero attached hydrogens (tertiary/aromatic N) is 1. The predicted octanol–water partition coefficient (Wildman–Crippen LogP) is 3.21. The van der Waals surface area contributed by atoms with Crippen LogP contribution in [-0.2, 0) is 4.79 Å². The zero-order valence-electron chi connectivity index (χ0n) is 9.52. The molecule has 0 spiro atoms. The Balaban J connectivity index is 3.93. The van der Waals surface area contributed by atoms with Crippen LogP contribution >= 0.6 is 0 Å². The molecule has 3 nitrogen and oxygen atoms in total. The Morgan fingerprint density at radius 2 is 2.06 bits per heavy atom. The summed E-state index contributed by atoms with van der Waals surface area (Å²) in [5.74, 6) is -1.20. The van der Waals surface area contributed by atoms with Gasteiger partial charge in [0, 0.05) is 0 Å². The van der Waals surface area contributed by atoms with Gasteiger partial charge in [0.15, 0.2) is 0 Å². The van der Waals surface area contributed by atoms with Crippen molar-refractivity contribution in [3.05, 3.63) is 36.0 Å². The molecular weight excluding hydrogens is 202 g/mol. The molecule has 0 bridgehead atoms. The number of hydrogen-bond donors (Lipinski definition) is 1. The van der Waals surface area contributed by atoms with Gasteiger partial charge in [-0.1, -0.05) is 44.1 Å². The minimum atomic E-state index is -1.20. The third kappa shape index (κ3) is 7.57. The zero-order valence-corrected chi connectivity index (χ0v) is 9.52. The lowest BCUT2D eigenvalue weighted by atomic mass is 10.2. The molecule has 0 fully saturated rings. The van der Waals surface area contributed by atoms with Crippen LogP contribution in [0.25, 0.3) is 0 Å². The van der Waals surface area contributed by atoms with Gasteiger partial charge in [-0.2, -0.15) is 5.26 Å². The van der Waals surface area contributed by atoms with Crippen molar-refractivity contribution in [1.29, 1.82) is 5.26 Å². The number of unbranched alkanes of at least 4 members (excludes halogenated alkanes) is 3. The van der Waals surface area contributed by atoms with Crippen LogP contribution in [0.15, 0.2) is 36.0 Å². The van der Waals surface area contributed by atoms with E-state index in [9.17, 15) is 4.79 Å². The van der Waals surface area contributed by atoms with Crippen LogP contribution in [0.1, 0.15) is 32.6 Å². The Morgan fingerprint density at radius 1 is 1.31 bits per heavy atom. The maximum Gasteiger partial charge on any atom is 0.346 e. The van der Waals surface area contributed by atoms with E-state index in [1.807, 2.05) is 12.2 Å². The van der Waals surface area contributed by atoms with Gasteiger partial charge in [-0.25, -0.2) is 4.79 Å². The number of hydrogen-bond acceptors (Lipinski definition) is 2. The van der Waals surface area contributed by atoms with Crippen LogP contribution in [0, 0.1) is 11.3 Å². The van der Waals surface area contributed by atoms with Gasteiger partial charge in [-0.15, -0.1) is 0 Å². The quantitative estimate of drug-likeness (QED) is 0.309. The van der Waals surface area contributed by atoms with Crippen molar-refractivity contribution in [3.8, 4) is 6.07 Å². The third-order valence-electron chi connectivity index (χ3n) is 1.95. The number of carboxylic acids is 1. The second-order valence-corrected chi connectivity index (χ2v) is 3.31. The van der Waals surface area contributed by atoms with Crippen molar-refractivity contribution in [2.45, 2.75) is 32.6 Å². The van der Waals surface area contributed by atoms with Crippen LogP contribution in [0.4, 0.5) is 0 Å². The predicted molar refractivity (Wildman–Crippen MR) is 63.8 cm³/mol. The second kappa shape index (κ2) is 9.72. The summed E-state index contributed by atoms with van der Waals surface area (Å²) in [4.78, 5) is 10.4. The van der Waals surface area contributed by atoms with Crippen molar-refractivity contribution in [1.82, 2.24) is 0 Å². The molecule has 0 radical (unpaired) electrons. The van der Waals surface area contributed by atoms with E-state index in [1.54, 1.807) is 18.2 Å². The number of rotatable bonds is 7. The molecule has 0 aromatic heterocycles. The van der Waals surface area contributed by atoms with Crippen LogP contribution in [0.3, 0.4) is 0 Å². The van der Waals surface area contributed by atoms with Crippen molar-refractivity contribution < 1.29 is 9.90 Å². The van der Waals surface area contributed by atoms with E-state index >= 15 is 0 Å². The van der Waals surface area contributed by atoms with Crippen molar-refractivity contribution in [3.63, 3.8) is 0 Å². The van der Waals surface area contributed by atoms with Gasteiger partial charge in [-0.05, 0) is 18.9 Å². The van der Waals surface area contributed by atoms with E-state index in [4.69, 9.17) is 10.4 Å². The summed E-state index contributed by atoms with van der Waals surface area (Å²) in [5, 5.41) is 17.0. The van der Waals surface area contributed by atoms with Crippen molar-refractivity contribution in [2.24, 2.45) is 0 Å². The molecule has 0 atom stereocenters. The molecule has 0 amide bonds. The fraction of sp³-hybridized carbons (Fsp3) is 0.385. The van der Waals surface area contributed by atoms with Gasteiger partial charge in [0.05, 0.1) is 0 Å². The van der Waals surface area contributed by atoms with Crippen LogP contribution in [0.2, 0.25) is 0 Å². The highest BCUT2D eigenvalue weighted by Crippen LogP contribution is 1.99. The largest absolute Gasteiger partial charge is 0.477 e. The van der Waals surface area contributed by atoms with Crippen LogP contribution in [0.5, 0.6) is 0 Å². The minimum Gasteiger partial charge on any atom is -0.477 e. The van der Waals surface area contributed by atoms with Gasteiger partial charge < -0.3 is 5.11 Å². The number of aliphatic carboxylic acids is 1. The molecule has 0 saturated carbocycles. The highest BCUT2D eigenvalue weighted by atomic mass is 16.4. The summed E-state index contributed by atoms with van der Waals surface area (Å²) in [5.41, 5.74) is -0.254. The van der Waals surface area contributed by atoms with Gasteiger partial charge in [0.25, 0.3) is 0 Å². The van der Waals surface area contributed by atoms with E-state index in [0.29, 0.717) is 0 Å². The lowest BCUT2D eigenvalue weighted by Crippen LogP contribution is -1.96. The van der Waals surface area contributed by atoms with Gasteiger partial charge >= 0.3 is 5.97 Å². The van der Waals surface area contributed by atoms with E-state index in [1.165, 1.54) is 25.3 Å². The Labute approximate surface area is 96.4 Å². The van der Waals surface area contributed by atoms with E-state index in [2.05, 4.69) is 6.92 Å². The van der Waals surface area contributed by atoms with Crippen molar-refractivity contribution in [2.75, 3.05) is 0 Å². The summed E-state index contributed by atoms with van der Waals surface area (Å²) in [7, 11) is 0. The first-order valence-electron chi connectivity index (χ1n) is 5.39. The second-order valence-electron chi connectivity index (χ2n) is 3.31. The molecule has 1 N–H and O–H groups in total. The first-order chi connectivity index (χ1) is 7.72. The van der Waals surface area contributed by atoms with Crippen LogP contribution < -0.4 is 0 Å². The summed E-state index contributed by atoms with van der Waals surface area (Å²) < 4.78 is 0. The number of nitriles is 1. The molecule has 0 heterocycles. The van der Waals surface area contributed by atoms with Gasteiger partial charge in [0.2, 0.25) is 0 Å². The molecule has 0 unspecified atom stereocenters. The van der Waals surface area contributed by atoms with E-state index < -0.39 is 5.97 Å². The smallest absolute Gasteiger partial charge is 0.346 e. The molecule has 16 heavy (non-hydrogen) atoms. The van der Waals surface area contributed by atoms with E-state index in [-0.39, 0.29) is 5.57 Å². The monoisotopic (exact) mass is 219 g/mol. The Morgan fingerprint density at radius 3 is 2.62 bits per heavy atom. The first-order valence-corrected chi connectivity index (χ1v) is 5.39. The fourth-order valence-corrected chi connectivity index (χ4v) is 1.06. The lowest BCUT2D eigenvalue weighted by molar-refractivity contribution is -0.132. The Kier molecular flexibility index (Phi) is 8.62. The molecule has 0 aromatic carbocycles. The summed E-state index contributed by atoms with van der Waals surface area (Å²) >= 11 is 0. The Bertz CT molecular complexity index is 332. The fourth-order valence-electron chi connectivity index (χ4n) is 1.06.